The van der Waals surface area contributed by atoms with Crippen molar-refractivity contribution in [3.63, 3.8) is 0 Å². The molecule has 1 aliphatic heterocycles. The molecule has 0 aromatic heterocycles. The molecule has 2 aromatic carbocycles. The third kappa shape index (κ3) is 5.75. The SMILES string of the molecule is Cc1cc(OCC(O)CN2CCN(C(=O)c3ccccc3)CC2)c(C(C)C)cc1Cl. The van der Waals surface area contributed by atoms with E-state index in [0.717, 1.165) is 40.6 Å². The Morgan fingerprint density at radius 3 is 2.43 bits per heavy atom. The smallest absolute Gasteiger partial charge is 0.253 e. The fourth-order valence-electron chi connectivity index (χ4n) is 3.68. The first kappa shape index (κ1) is 22.6. The molecule has 162 valence electrons. The summed E-state index contributed by atoms with van der Waals surface area (Å²) in [4.78, 5) is 16.6. The van der Waals surface area contributed by atoms with Gasteiger partial charge in [0.1, 0.15) is 18.5 Å². The number of aryl methyl sites for hydroxylation is 1. The van der Waals surface area contributed by atoms with E-state index >= 15 is 0 Å². The number of ether oxygens (including phenoxy) is 1. The van der Waals surface area contributed by atoms with Crippen LogP contribution in [0, 0.1) is 6.92 Å². The van der Waals surface area contributed by atoms with E-state index in [2.05, 4.69) is 18.7 Å². The van der Waals surface area contributed by atoms with Crippen molar-refractivity contribution in [3.8, 4) is 5.75 Å². The number of β-amino-alcohol motifs (C(OH)–C–C–N with tert-alkyl or cyclic N) is 1. The van der Waals surface area contributed by atoms with E-state index in [0.29, 0.717) is 19.6 Å². The monoisotopic (exact) mass is 430 g/mol. The van der Waals surface area contributed by atoms with Crippen LogP contribution in [0.3, 0.4) is 0 Å². The topological polar surface area (TPSA) is 53.0 Å². The number of nitrogens with zero attached hydrogens (tertiary/aromatic N) is 2. The summed E-state index contributed by atoms with van der Waals surface area (Å²) in [5.74, 6) is 1.13. The molecule has 5 nitrogen and oxygen atoms in total. The van der Waals surface area contributed by atoms with Gasteiger partial charge in [-0.3, -0.25) is 9.69 Å². The number of piperazine rings is 1. The number of amides is 1. The number of aliphatic hydroxyl groups excluding tert-OH is 1. The summed E-state index contributed by atoms with van der Waals surface area (Å²) in [6, 6.07) is 13.3. The van der Waals surface area contributed by atoms with Crippen molar-refractivity contribution < 1.29 is 14.6 Å². The summed E-state index contributed by atoms with van der Waals surface area (Å²) in [7, 11) is 0. The van der Waals surface area contributed by atoms with Crippen molar-refractivity contribution >= 4 is 17.5 Å². The molecule has 0 radical (unpaired) electrons. The Labute approximate surface area is 184 Å². The predicted molar refractivity (Wildman–Crippen MR) is 121 cm³/mol. The maximum Gasteiger partial charge on any atom is 0.253 e. The Kier molecular flexibility index (Phi) is 7.75. The highest BCUT2D eigenvalue weighted by Crippen LogP contribution is 2.32. The number of hydrogen-bond donors (Lipinski definition) is 1. The standard InChI is InChI=1S/C24H31ClN2O3/c1-17(2)21-14-22(25)18(3)13-23(21)30-16-20(28)15-26-9-11-27(12-10-26)24(29)19-7-5-4-6-8-19/h4-8,13-14,17,20,28H,9-12,15-16H2,1-3H3. The van der Waals surface area contributed by atoms with Crippen LogP contribution in [0.1, 0.15) is 41.3 Å². The summed E-state index contributed by atoms with van der Waals surface area (Å²) < 4.78 is 5.95. The molecule has 6 heteroatoms. The van der Waals surface area contributed by atoms with Gasteiger partial charge in [-0.1, -0.05) is 43.6 Å². The number of carbonyl (C=O) groups excluding carboxylic acids is 1. The fraction of sp³-hybridized carbons (Fsp3) is 0.458. The van der Waals surface area contributed by atoms with Gasteiger partial charge in [-0.25, -0.2) is 0 Å². The Bertz CT molecular complexity index is 849. The molecule has 1 aliphatic rings. The summed E-state index contributed by atoms with van der Waals surface area (Å²) >= 11 is 6.25. The van der Waals surface area contributed by atoms with Gasteiger partial charge in [0.25, 0.3) is 5.91 Å². The maximum atomic E-state index is 12.6. The first-order valence-electron chi connectivity index (χ1n) is 10.5. The Morgan fingerprint density at radius 2 is 1.80 bits per heavy atom. The predicted octanol–water partition coefficient (Wildman–Crippen LogP) is 3.97. The van der Waals surface area contributed by atoms with Crippen LogP contribution in [0.5, 0.6) is 5.75 Å². The largest absolute Gasteiger partial charge is 0.491 e. The second-order valence-electron chi connectivity index (χ2n) is 8.22. The van der Waals surface area contributed by atoms with Gasteiger partial charge in [0.15, 0.2) is 0 Å². The van der Waals surface area contributed by atoms with Crippen molar-refractivity contribution in [2.45, 2.75) is 32.8 Å². The van der Waals surface area contributed by atoms with Crippen LogP contribution in [-0.2, 0) is 0 Å². The van der Waals surface area contributed by atoms with Crippen molar-refractivity contribution in [1.82, 2.24) is 9.80 Å². The molecule has 0 aliphatic carbocycles. The van der Waals surface area contributed by atoms with Crippen LogP contribution in [0.15, 0.2) is 42.5 Å². The first-order valence-corrected chi connectivity index (χ1v) is 10.9. The number of halogens is 1. The third-order valence-electron chi connectivity index (χ3n) is 5.49. The second-order valence-corrected chi connectivity index (χ2v) is 8.62. The average molecular weight is 431 g/mol. The van der Waals surface area contributed by atoms with E-state index in [9.17, 15) is 9.90 Å². The Hall–Kier alpha value is -2.08. The van der Waals surface area contributed by atoms with Crippen molar-refractivity contribution in [2.75, 3.05) is 39.3 Å². The molecule has 1 unspecified atom stereocenters. The minimum atomic E-state index is -0.600. The maximum absolute atomic E-state index is 12.6. The minimum Gasteiger partial charge on any atom is -0.491 e. The quantitative estimate of drug-likeness (QED) is 0.722. The van der Waals surface area contributed by atoms with Gasteiger partial charge in [0.2, 0.25) is 0 Å². The molecule has 3 rings (SSSR count). The summed E-state index contributed by atoms with van der Waals surface area (Å²) in [6.45, 7) is 9.71. The molecule has 30 heavy (non-hydrogen) atoms. The molecule has 1 amide bonds. The highest BCUT2D eigenvalue weighted by atomic mass is 35.5. The van der Waals surface area contributed by atoms with E-state index < -0.39 is 6.10 Å². The second kappa shape index (κ2) is 10.3. The number of benzene rings is 2. The molecule has 0 bridgehead atoms. The molecular weight excluding hydrogens is 400 g/mol. The molecule has 1 heterocycles. The van der Waals surface area contributed by atoms with Gasteiger partial charge in [0, 0.05) is 43.3 Å². The summed E-state index contributed by atoms with van der Waals surface area (Å²) in [5, 5.41) is 11.2. The third-order valence-corrected chi connectivity index (χ3v) is 5.90. The van der Waals surface area contributed by atoms with Gasteiger partial charge in [0.05, 0.1) is 0 Å². The Balaban J connectivity index is 1.48. The highest BCUT2D eigenvalue weighted by molar-refractivity contribution is 6.31. The van der Waals surface area contributed by atoms with Crippen LogP contribution in [0.4, 0.5) is 0 Å². The lowest BCUT2D eigenvalue weighted by atomic mass is 10.0. The van der Waals surface area contributed by atoms with Crippen LogP contribution in [-0.4, -0.2) is 66.2 Å². The lowest BCUT2D eigenvalue weighted by Crippen LogP contribution is -2.51. The molecule has 1 atom stereocenters. The van der Waals surface area contributed by atoms with E-state index in [4.69, 9.17) is 16.3 Å². The minimum absolute atomic E-state index is 0.0680. The normalized spacial score (nSPS) is 16.0. The van der Waals surface area contributed by atoms with Crippen molar-refractivity contribution in [1.29, 1.82) is 0 Å². The molecule has 2 aromatic rings. The zero-order valence-electron chi connectivity index (χ0n) is 18.0. The van der Waals surface area contributed by atoms with Gasteiger partial charge < -0.3 is 14.7 Å². The molecule has 0 spiro atoms. The number of rotatable bonds is 7. The lowest BCUT2D eigenvalue weighted by molar-refractivity contribution is 0.0402. The number of aliphatic hydroxyl groups is 1. The van der Waals surface area contributed by atoms with Gasteiger partial charge in [-0.2, -0.15) is 0 Å². The molecular formula is C24H31ClN2O3. The first-order chi connectivity index (χ1) is 14.3. The summed E-state index contributed by atoms with van der Waals surface area (Å²) in [5.41, 5.74) is 2.73. The van der Waals surface area contributed by atoms with E-state index in [1.54, 1.807) is 0 Å². The molecule has 1 fully saturated rings. The fourth-order valence-corrected chi connectivity index (χ4v) is 3.85. The Morgan fingerprint density at radius 1 is 1.13 bits per heavy atom. The summed E-state index contributed by atoms with van der Waals surface area (Å²) in [6.07, 6.45) is -0.600. The highest BCUT2D eigenvalue weighted by Gasteiger charge is 2.23. The molecule has 0 saturated carbocycles. The average Bonchev–Trinajstić information content (AvgIpc) is 2.74. The van der Waals surface area contributed by atoms with Crippen LogP contribution in [0.25, 0.3) is 0 Å². The van der Waals surface area contributed by atoms with Gasteiger partial charge >= 0.3 is 0 Å². The molecule has 1 N–H and O–H groups in total. The molecule has 1 saturated heterocycles. The van der Waals surface area contributed by atoms with Gasteiger partial charge in [-0.05, 0) is 48.2 Å². The number of carbonyl (C=O) groups is 1. The van der Waals surface area contributed by atoms with E-state index in [-0.39, 0.29) is 18.4 Å². The van der Waals surface area contributed by atoms with Crippen molar-refractivity contribution in [3.05, 3.63) is 64.2 Å². The zero-order valence-corrected chi connectivity index (χ0v) is 18.7. The van der Waals surface area contributed by atoms with Crippen LogP contribution >= 0.6 is 11.6 Å². The van der Waals surface area contributed by atoms with Crippen LogP contribution < -0.4 is 4.74 Å². The van der Waals surface area contributed by atoms with Crippen molar-refractivity contribution in [2.24, 2.45) is 0 Å². The lowest BCUT2D eigenvalue weighted by Gasteiger charge is -2.35. The number of hydrogen-bond acceptors (Lipinski definition) is 4. The van der Waals surface area contributed by atoms with Crippen LogP contribution in [0.2, 0.25) is 5.02 Å². The van der Waals surface area contributed by atoms with Gasteiger partial charge in [-0.15, -0.1) is 0 Å². The zero-order chi connectivity index (χ0) is 21.7. The van der Waals surface area contributed by atoms with E-state index in [1.807, 2.05) is 54.3 Å². The van der Waals surface area contributed by atoms with E-state index in [1.165, 1.54) is 0 Å².